The van der Waals surface area contributed by atoms with Crippen LogP contribution < -0.4 is 10.2 Å². The summed E-state index contributed by atoms with van der Waals surface area (Å²) in [7, 11) is 0. The van der Waals surface area contributed by atoms with E-state index in [1.165, 1.54) is 0 Å². The first kappa shape index (κ1) is 18.7. The third-order valence-corrected chi connectivity index (χ3v) is 6.97. The van der Waals surface area contributed by atoms with E-state index in [0.29, 0.717) is 11.5 Å². The maximum atomic E-state index is 13.2. The smallest absolute Gasteiger partial charge is 0.256 e. The van der Waals surface area contributed by atoms with Crippen LogP contribution in [-0.2, 0) is 4.74 Å². The van der Waals surface area contributed by atoms with Crippen molar-refractivity contribution < 1.29 is 9.53 Å². The molecule has 0 atom stereocenters. The number of carbonyl (C=O) groups excluding carboxylic acids is 1. The number of nitrogens with zero attached hydrogens (tertiary/aromatic N) is 3. The van der Waals surface area contributed by atoms with Crippen LogP contribution in [0.2, 0.25) is 0 Å². The molecule has 2 aromatic heterocycles. The molecule has 1 aliphatic heterocycles. The highest BCUT2D eigenvalue weighted by atomic mass is 32.1. The zero-order valence-electron chi connectivity index (χ0n) is 17.0. The van der Waals surface area contributed by atoms with Gasteiger partial charge in [0.25, 0.3) is 5.91 Å². The van der Waals surface area contributed by atoms with E-state index in [4.69, 9.17) is 14.7 Å². The Bertz CT molecular complexity index is 1290. The van der Waals surface area contributed by atoms with Crippen LogP contribution in [0, 0.1) is 0 Å². The molecule has 0 spiro atoms. The number of rotatable bonds is 4. The molecule has 0 radical (unpaired) electrons. The average Bonchev–Trinajstić information content (AvgIpc) is 3.58. The quantitative estimate of drug-likeness (QED) is 0.503. The number of ether oxygens (including phenoxy) is 1. The van der Waals surface area contributed by atoms with Crippen LogP contribution in [0.25, 0.3) is 21.1 Å². The lowest BCUT2D eigenvalue weighted by atomic mass is 10.1. The van der Waals surface area contributed by atoms with E-state index in [1.54, 1.807) is 11.3 Å². The van der Waals surface area contributed by atoms with Crippen LogP contribution in [-0.4, -0.2) is 42.2 Å². The Hall–Kier alpha value is -3.03. The molecule has 2 aromatic carbocycles. The van der Waals surface area contributed by atoms with Gasteiger partial charge < -0.3 is 15.0 Å². The molecule has 3 heterocycles. The normalized spacial score (nSPS) is 16.7. The fraction of sp³-hybridized carbons (Fsp3) is 0.292. The number of morpholine rings is 1. The van der Waals surface area contributed by atoms with Gasteiger partial charge in [0, 0.05) is 35.8 Å². The Kier molecular flexibility index (Phi) is 4.58. The summed E-state index contributed by atoms with van der Waals surface area (Å²) in [6.45, 7) is 3.20. The standard InChI is InChI=1S/C24H22N4O2S/c29-23(18-14-21(15-5-6-15)26-19-4-2-1-3-17(18)19)25-16-7-8-20-22(13-16)31-24(27-20)28-9-11-30-12-10-28/h1-4,7-8,13-15H,5-6,9-12H2,(H,25,29). The van der Waals surface area contributed by atoms with Crippen molar-refractivity contribution in [3.8, 4) is 0 Å². The van der Waals surface area contributed by atoms with Gasteiger partial charge in [-0.3, -0.25) is 9.78 Å². The summed E-state index contributed by atoms with van der Waals surface area (Å²) < 4.78 is 6.51. The number of benzene rings is 2. The van der Waals surface area contributed by atoms with Crippen molar-refractivity contribution in [3.63, 3.8) is 0 Å². The van der Waals surface area contributed by atoms with E-state index in [2.05, 4.69) is 10.2 Å². The van der Waals surface area contributed by atoms with E-state index in [1.807, 2.05) is 48.5 Å². The Morgan fingerprint density at radius 2 is 1.87 bits per heavy atom. The van der Waals surface area contributed by atoms with Gasteiger partial charge in [0.2, 0.25) is 0 Å². The van der Waals surface area contributed by atoms with E-state index >= 15 is 0 Å². The van der Waals surface area contributed by atoms with E-state index in [9.17, 15) is 4.79 Å². The van der Waals surface area contributed by atoms with Crippen molar-refractivity contribution in [2.45, 2.75) is 18.8 Å². The van der Waals surface area contributed by atoms with E-state index in [0.717, 1.165) is 76.8 Å². The van der Waals surface area contributed by atoms with E-state index in [-0.39, 0.29) is 5.91 Å². The molecule has 1 saturated carbocycles. The number of fused-ring (bicyclic) bond motifs is 2. The number of hydrogen-bond donors (Lipinski definition) is 1. The number of hydrogen-bond acceptors (Lipinski definition) is 6. The molecule has 31 heavy (non-hydrogen) atoms. The van der Waals surface area contributed by atoms with Crippen LogP contribution in [0.4, 0.5) is 10.8 Å². The molecule has 0 bridgehead atoms. The number of aromatic nitrogens is 2. The number of nitrogens with one attached hydrogen (secondary N) is 1. The zero-order valence-corrected chi connectivity index (χ0v) is 17.8. The first-order chi connectivity index (χ1) is 15.2. The van der Waals surface area contributed by atoms with Crippen LogP contribution >= 0.6 is 11.3 Å². The summed E-state index contributed by atoms with van der Waals surface area (Å²) in [4.78, 5) is 25.0. The molecule has 6 rings (SSSR count). The number of pyridine rings is 1. The molecule has 1 N–H and O–H groups in total. The third kappa shape index (κ3) is 3.64. The maximum absolute atomic E-state index is 13.2. The molecule has 7 heteroatoms. The van der Waals surface area contributed by atoms with Gasteiger partial charge in [0.05, 0.1) is 34.5 Å². The minimum Gasteiger partial charge on any atom is -0.378 e. The second-order valence-electron chi connectivity index (χ2n) is 8.12. The highest BCUT2D eigenvalue weighted by Crippen LogP contribution is 2.40. The molecule has 1 aliphatic carbocycles. The molecule has 6 nitrogen and oxygen atoms in total. The lowest BCUT2D eigenvalue weighted by molar-refractivity contribution is 0.102. The maximum Gasteiger partial charge on any atom is 0.256 e. The highest BCUT2D eigenvalue weighted by Gasteiger charge is 2.27. The minimum atomic E-state index is -0.0993. The fourth-order valence-corrected chi connectivity index (χ4v) is 5.11. The van der Waals surface area contributed by atoms with Crippen molar-refractivity contribution in [2.75, 3.05) is 36.5 Å². The van der Waals surface area contributed by atoms with Gasteiger partial charge in [-0.2, -0.15) is 0 Å². The molecular formula is C24H22N4O2S. The number of anilines is 2. The van der Waals surface area contributed by atoms with Gasteiger partial charge in [0.1, 0.15) is 0 Å². The van der Waals surface area contributed by atoms with Crippen molar-refractivity contribution in [3.05, 3.63) is 59.8 Å². The summed E-state index contributed by atoms with van der Waals surface area (Å²) >= 11 is 1.66. The second kappa shape index (κ2) is 7.59. The highest BCUT2D eigenvalue weighted by molar-refractivity contribution is 7.22. The molecule has 4 aromatic rings. The van der Waals surface area contributed by atoms with Crippen LogP contribution in [0.1, 0.15) is 34.8 Å². The second-order valence-corrected chi connectivity index (χ2v) is 9.13. The molecule has 0 unspecified atom stereocenters. The van der Waals surface area contributed by atoms with Crippen LogP contribution in [0.3, 0.4) is 0 Å². The molecule has 2 aliphatic rings. The SMILES string of the molecule is O=C(Nc1ccc2nc(N3CCOCC3)sc2c1)c1cc(C2CC2)nc2ccccc12. The van der Waals surface area contributed by atoms with Gasteiger partial charge in [-0.1, -0.05) is 29.5 Å². The van der Waals surface area contributed by atoms with Crippen LogP contribution in [0.15, 0.2) is 48.5 Å². The Morgan fingerprint density at radius 1 is 1.03 bits per heavy atom. The lowest BCUT2D eigenvalue weighted by Gasteiger charge is -2.25. The van der Waals surface area contributed by atoms with Crippen molar-refractivity contribution in [2.24, 2.45) is 0 Å². The molecule has 1 saturated heterocycles. The molecule has 2 fully saturated rings. The fourth-order valence-electron chi connectivity index (χ4n) is 4.05. The minimum absolute atomic E-state index is 0.0993. The zero-order chi connectivity index (χ0) is 20.8. The predicted octanol–water partition coefficient (Wildman–Crippen LogP) is 4.81. The predicted molar refractivity (Wildman–Crippen MR) is 124 cm³/mol. The van der Waals surface area contributed by atoms with Crippen molar-refractivity contribution >= 4 is 49.2 Å². The van der Waals surface area contributed by atoms with Gasteiger partial charge >= 0.3 is 0 Å². The van der Waals surface area contributed by atoms with Gasteiger partial charge in [0.15, 0.2) is 5.13 Å². The average molecular weight is 431 g/mol. The largest absolute Gasteiger partial charge is 0.378 e. The van der Waals surface area contributed by atoms with E-state index < -0.39 is 0 Å². The Balaban J connectivity index is 1.30. The van der Waals surface area contributed by atoms with Gasteiger partial charge in [-0.05, 0) is 43.2 Å². The van der Waals surface area contributed by atoms with Crippen LogP contribution in [0.5, 0.6) is 0 Å². The van der Waals surface area contributed by atoms with Crippen molar-refractivity contribution in [1.29, 1.82) is 0 Å². The first-order valence-corrected chi connectivity index (χ1v) is 11.5. The molecule has 1 amide bonds. The summed E-state index contributed by atoms with van der Waals surface area (Å²) in [6, 6.07) is 15.8. The summed E-state index contributed by atoms with van der Waals surface area (Å²) in [5, 5.41) is 4.99. The first-order valence-electron chi connectivity index (χ1n) is 10.7. The topological polar surface area (TPSA) is 67.4 Å². The number of carbonyl (C=O) groups is 1. The van der Waals surface area contributed by atoms with Gasteiger partial charge in [-0.25, -0.2) is 4.98 Å². The molecule has 156 valence electrons. The molecular weight excluding hydrogens is 408 g/mol. The lowest BCUT2D eigenvalue weighted by Crippen LogP contribution is -2.36. The number of para-hydroxylation sites is 1. The Labute approximate surface area is 183 Å². The monoisotopic (exact) mass is 430 g/mol. The number of thiazole rings is 1. The summed E-state index contributed by atoms with van der Waals surface area (Å²) in [6.07, 6.45) is 2.31. The number of amides is 1. The third-order valence-electron chi connectivity index (χ3n) is 5.89. The Morgan fingerprint density at radius 3 is 2.71 bits per heavy atom. The van der Waals surface area contributed by atoms with Gasteiger partial charge in [-0.15, -0.1) is 0 Å². The summed E-state index contributed by atoms with van der Waals surface area (Å²) in [5.41, 5.74) is 4.33. The van der Waals surface area contributed by atoms with Crippen molar-refractivity contribution in [1.82, 2.24) is 9.97 Å². The summed E-state index contributed by atoms with van der Waals surface area (Å²) in [5.74, 6) is 0.390.